The molecule has 1 rings (SSSR count). The number of ether oxygens (including phenoxy) is 1. The van der Waals surface area contributed by atoms with E-state index in [1.54, 1.807) is 11.3 Å². The summed E-state index contributed by atoms with van der Waals surface area (Å²) in [5.41, 5.74) is 5.71. The summed E-state index contributed by atoms with van der Waals surface area (Å²) in [6.45, 7) is 5.15. The fourth-order valence-corrected chi connectivity index (χ4v) is 2.57. The lowest BCUT2D eigenvalue weighted by atomic mass is 10.2. The third-order valence-electron chi connectivity index (χ3n) is 2.91. The van der Waals surface area contributed by atoms with Gasteiger partial charge in [-0.25, -0.2) is 0 Å². The smallest absolute Gasteiger partial charge is 0.307 e. The van der Waals surface area contributed by atoms with Crippen molar-refractivity contribution < 1.29 is 9.53 Å². The van der Waals surface area contributed by atoms with E-state index in [1.165, 1.54) is 4.88 Å². The zero-order valence-corrected chi connectivity index (χ0v) is 12.1. The van der Waals surface area contributed by atoms with Crippen LogP contribution in [0.15, 0.2) is 12.1 Å². The summed E-state index contributed by atoms with van der Waals surface area (Å²) >= 11 is 1.63. The Morgan fingerprint density at radius 1 is 1.56 bits per heavy atom. The minimum absolute atomic E-state index is 0.128. The van der Waals surface area contributed by atoms with E-state index in [4.69, 9.17) is 10.5 Å². The van der Waals surface area contributed by atoms with Crippen molar-refractivity contribution in [3.63, 3.8) is 0 Å². The molecule has 0 saturated heterocycles. The van der Waals surface area contributed by atoms with Gasteiger partial charge in [-0.15, -0.1) is 11.3 Å². The average Bonchev–Trinajstić information content (AvgIpc) is 2.72. The SMILES string of the molecule is CCOC(=O)CCN(C)C(C)Cc1ccc(N)s1. The van der Waals surface area contributed by atoms with Gasteiger partial charge < -0.3 is 15.4 Å². The molecule has 18 heavy (non-hydrogen) atoms. The number of carbonyl (C=O) groups is 1. The predicted octanol–water partition coefficient (Wildman–Crippen LogP) is 2.15. The van der Waals surface area contributed by atoms with Crippen molar-refractivity contribution in [2.24, 2.45) is 0 Å². The fourth-order valence-electron chi connectivity index (χ4n) is 1.67. The molecule has 102 valence electrons. The Labute approximate surface area is 113 Å². The minimum Gasteiger partial charge on any atom is -0.466 e. The summed E-state index contributed by atoms with van der Waals surface area (Å²) in [5.74, 6) is -0.128. The van der Waals surface area contributed by atoms with E-state index in [1.807, 2.05) is 20.0 Å². The number of hydrogen-bond acceptors (Lipinski definition) is 5. The molecule has 1 unspecified atom stereocenters. The highest BCUT2D eigenvalue weighted by atomic mass is 32.1. The van der Waals surface area contributed by atoms with Gasteiger partial charge in [-0.3, -0.25) is 4.79 Å². The second-order valence-corrected chi connectivity index (χ2v) is 5.59. The van der Waals surface area contributed by atoms with E-state index in [0.29, 0.717) is 19.1 Å². The first-order valence-electron chi connectivity index (χ1n) is 6.23. The summed E-state index contributed by atoms with van der Waals surface area (Å²) in [6, 6.07) is 4.39. The molecule has 0 aliphatic rings. The molecule has 1 heterocycles. The lowest BCUT2D eigenvalue weighted by Crippen LogP contribution is -2.32. The van der Waals surface area contributed by atoms with E-state index in [2.05, 4.69) is 17.9 Å². The monoisotopic (exact) mass is 270 g/mol. The Kier molecular flexibility index (Phi) is 6.15. The molecule has 0 radical (unpaired) electrons. The van der Waals surface area contributed by atoms with Crippen LogP contribution in [-0.4, -0.2) is 37.1 Å². The van der Waals surface area contributed by atoms with E-state index in [9.17, 15) is 4.79 Å². The summed E-state index contributed by atoms with van der Waals surface area (Å²) in [4.78, 5) is 14.7. The third-order valence-corrected chi connectivity index (χ3v) is 3.84. The van der Waals surface area contributed by atoms with Gasteiger partial charge in [-0.2, -0.15) is 0 Å². The van der Waals surface area contributed by atoms with Gasteiger partial charge in [0.1, 0.15) is 0 Å². The molecule has 0 aromatic carbocycles. The zero-order valence-electron chi connectivity index (χ0n) is 11.3. The summed E-state index contributed by atoms with van der Waals surface area (Å²) in [5, 5.41) is 0.853. The summed E-state index contributed by atoms with van der Waals surface area (Å²) < 4.78 is 4.91. The number of nitrogens with two attached hydrogens (primary N) is 1. The number of anilines is 1. The molecule has 0 amide bonds. The molecule has 0 spiro atoms. The molecular weight excluding hydrogens is 248 g/mol. The molecule has 0 bridgehead atoms. The van der Waals surface area contributed by atoms with Crippen molar-refractivity contribution in [3.05, 3.63) is 17.0 Å². The van der Waals surface area contributed by atoms with Gasteiger partial charge >= 0.3 is 5.97 Å². The van der Waals surface area contributed by atoms with Gasteiger partial charge in [0.15, 0.2) is 0 Å². The number of carbonyl (C=O) groups excluding carboxylic acids is 1. The normalized spacial score (nSPS) is 12.7. The average molecular weight is 270 g/mol. The molecule has 5 heteroatoms. The van der Waals surface area contributed by atoms with Crippen LogP contribution in [0.4, 0.5) is 5.00 Å². The molecular formula is C13H22N2O2S. The van der Waals surface area contributed by atoms with Gasteiger partial charge in [-0.05, 0) is 39.4 Å². The first-order chi connectivity index (χ1) is 8.52. The molecule has 0 saturated carbocycles. The van der Waals surface area contributed by atoms with Crippen molar-refractivity contribution in [2.45, 2.75) is 32.7 Å². The van der Waals surface area contributed by atoms with Crippen LogP contribution in [-0.2, 0) is 16.0 Å². The van der Waals surface area contributed by atoms with E-state index >= 15 is 0 Å². The largest absolute Gasteiger partial charge is 0.466 e. The van der Waals surface area contributed by atoms with Crippen LogP contribution in [0.5, 0.6) is 0 Å². The molecule has 0 aliphatic carbocycles. The molecule has 4 nitrogen and oxygen atoms in total. The lowest BCUT2D eigenvalue weighted by Gasteiger charge is -2.23. The highest BCUT2D eigenvalue weighted by Crippen LogP contribution is 2.20. The Morgan fingerprint density at radius 2 is 2.28 bits per heavy atom. The first-order valence-corrected chi connectivity index (χ1v) is 7.04. The second kappa shape index (κ2) is 7.38. The highest BCUT2D eigenvalue weighted by molar-refractivity contribution is 7.15. The third kappa shape index (κ3) is 5.06. The van der Waals surface area contributed by atoms with Crippen molar-refractivity contribution in [1.29, 1.82) is 0 Å². The Bertz CT molecular complexity index is 379. The topological polar surface area (TPSA) is 55.6 Å². The number of hydrogen-bond donors (Lipinski definition) is 1. The van der Waals surface area contributed by atoms with E-state index < -0.39 is 0 Å². The molecule has 2 N–H and O–H groups in total. The van der Waals surface area contributed by atoms with Crippen molar-refractivity contribution in [3.8, 4) is 0 Å². The van der Waals surface area contributed by atoms with Gasteiger partial charge in [-0.1, -0.05) is 0 Å². The maximum absolute atomic E-state index is 11.3. The molecule has 1 aromatic heterocycles. The van der Waals surface area contributed by atoms with Crippen LogP contribution in [0.2, 0.25) is 0 Å². The number of thiophene rings is 1. The number of rotatable bonds is 7. The van der Waals surface area contributed by atoms with Crippen LogP contribution in [0.3, 0.4) is 0 Å². The summed E-state index contributed by atoms with van der Waals surface area (Å²) in [7, 11) is 2.03. The molecule has 1 atom stereocenters. The quantitative estimate of drug-likeness (QED) is 0.771. The first kappa shape index (κ1) is 15.0. The van der Waals surface area contributed by atoms with Crippen molar-refractivity contribution >= 4 is 22.3 Å². The Morgan fingerprint density at radius 3 is 2.83 bits per heavy atom. The minimum atomic E-state index is -0.128. The molecule has 1 aromatic rings. The van der Waals surface area contributed by atoms with E-state index in [-0.39, 0.29) is 5.97 Å². The molecule has 0 aliphatic heterocycles. The van der Waals surface area contributed by atoms with E-state index in [0.717, 1.165) is 18.0 Å². The van der Waals surface area contributed by atoms with Gasteiger partial charge in [0.25, 0.3) is 0 Å². The highest BCUT2D eigenvalue weighted by Gasteiger charge is 2.13. The second-order valence-electron chi connectivity index (χ2n) is 4.39. The summed E-state index contributed by atoms with van der Waals surface area (Å²) in [6.07, 6.45) is 1.41. The van der Waals surface area contributed by atoms with Crippen LogP contribution < -0.4 is 5.73 Å². The van der Waals surface area contributed by atoms with Gasteiger partial charge in [0.2, 0.25) is 0 Å². The van der Waals surface area contributed by atoms with Gasteiger partial charge in [0.05, 0.1) is 18.0 Å². The standard InChI is InChI=1S/C13H22N2O2S/c1-4-17-13(16)7-8-15(3)10(2)9-11-5-6-12(14)18-11/h5-6,10H,4,7-9,14H2,1-3H3. The maximum Gasteiger partial charge on any atom is 0.307 e. The van der Waals surface area contributed by atoms with Crippen LogP contribution in [0.25, 0.3) is 0 Å². The van der Waals surface area contributed by atoms with Gasteiger partial charge in [0, 0.05) is 17.5 Å². The number of likely N-dealkylation sites (N-methyl/N-ethyl adjacent to an activating group) is 1. The zero-order chi connectivity index (χ0) is 13.5. The fraction of sp³-hybridized carbons (Fsp3) is 0.615. The van der Waals surface area contributed by atoms with Crippen molar-refractivity contribution in [2.75, 3.05) is 25.9 Å². The number of nitrogen functional groups attached to an aromatic ring is 1. The number of esters is 1. The predicted molar refractivity (Wildman–Crippen MR) is 75.8 cm³/mol. The Balaban J connectivity index is 2.32. The lowest BCUT2D eigenvalue weighted by molar-refractivity contribution is -0.143. The Hall–Kier alpha value is -1.07. The van der Waals surface area contributed by atoms with Crippen LogP contribution in [0, 0.1) is 0 Å². The molecule has 0 fully saturated rings. The van der Waals surface area contributed by atoms with Crippen LogP contribution >= 0.6 is 11.3 Å². The van der Waals surface area contributed by atoms with Crippen LogP contribution in [0.1, 0.15) is 25.1 Å². The van der Waals surface area contributed by atoms with Crippen molar-refractivity contribution in [1.82, 2.24) is 4.90 Å². The maximum atomic E-state index is 11.3. The number of nitrogens with zero attached hydrogens (tertiary/aromatic N) is 1.